The van der Waals surface area contributed by atoms with Gasteiger partial charge in [-0.2, -0.15) is 22.7 Å². The van der Waals surface area contributed by atoms with Crippen LogP contribution >= 0.6 is 11.8 Å². The van der Waals surface area contributed by atoms with E-state index in [4.69, 9.17) is 10.00 Å². The monoisotopic (exact) mass is 368 g/mol. The van der Waals surface area contributed by atoms with E-state index in [0.29, 0.717) is 0 Å². The summed E-state index contributed by atoms with van der Waals surface area (Å²) in [5.74, 6) is 0. The molecule has 1 aromatic carbocycles. The number of thioether (sulfide) groups is 1. The first-order valence-corrected chi connectivity index (χ1v) is 8.68. The minimum absolute atomic E-state index is 0.00491. The van der Waals surface area contributed by atoms with Crippen LogP contribution in [-0.4, -0.2) is 45.0 Å². The van der Waals surface area contributed by atoms with E-state index < -0.39 is 15.5 Å². The van der Waals surface area contributed by atoms with Crippen LogP contribution in [0.3, 0.4) is 0 Å². The molecule has 5 nitrogen and oxygen atoms in total. The quantitative estimate of drug-likeness (QED) is 0.660. The van der Waals surface area contributed by atoms with Crippen molar-refractivity contribution in [2.45, 2.75) is 21.7 Å². The molecule has 0 saturated carbocycles. The first-order valence-electron chi connectivity index (χ1n) is 6.42. The van der Waals surface area contributed by atoms with Crippen LogP contribution in [0.5, 0.6) is 0 Å². The zero-order chi connectivity index (χ0) is 17.5. The van der Waals surface area contributed by atoms with Crippen LogP contribution in [0, 0.1) is 11.3 Å². The number of alkyl halides is 3. The number of halogens is 3. The van der Waals surface area contributed by atoms with Gasteiger partial charge in [0.05, 0.1) is 17.6 Å². The van der Waals surface area contributed by atoms with Gasteiger partial charge in [-0.25, -0.2) is 8.42 Å². The highest BCUT2D eigenvalue weighted by Gasteiger charge is 2.30. The highest BCUT2D eigenvalue weighted by atomic mass is 32.2. The molecule has 0 bridgehead atoms. The van der Waals surface area contributed by atoms with Gasteiger partial charge in [-0.3, -0.25) is 0 Å². The molecule has 0 heterocycles. The third-order valence-electron chi connectivity index (χ3n) is 2.71. The van der Waals surface area contributed by atoms with Crippen molar-refractivity contribution < 1.29 is 26.3 Å². The number of hydrogen-bond acceptors (Lipinski definition) is 5. The SMILES string of the molecule is COCCN(CCC#N)S(=O)(=O)c1ccc(SC(F)(F)F)cc1. The molecule has 0 atom stereocenters. The van der Waals surface area contributed by atoms with E-state index in [1.807, 2.05) is 6.07 Å². The van der Waals surface area contributed by atoms with E-state index in [1.54, 1.807) is 0 Å². The molecule has 0 aromatic heterocycles. The Morgan fingerprint density at radius 1 is 1.26 bits per heavy atom. The smallest absolute Gasteiger partial charge is 0.383 e. The van der Waals surface area contributed by atoms with Gasteiger partial charge in [-0.15, -0.1) is 0 Å². The highest BCUT2D eigenvalue weighted by molar-refractivity contribution is 8.00. The largest absolute Gasteiger partial charge is 0.446 e. The normalized spacial score (nSPS) is 12.3. The zero-order valence-corrected chi connectivity index (χ0v) is 13.8. The predicted octanol–water partition coefficient (Wildman–Crippen LogP) is 2.85. The predicted molar refractivity (Wildman–Crippen MR) is 79.2 cm³/mol. The molecule has 0 aliphatic heterocycles. The van der Waals surface area contributed by atoms with Crippen LogP contribution in [0.25, 0.3) is 0 Å². The Balaban J connectivity index is 2.97. The number of methoxy groups -OCH3 is 1. The molecule has 0 aliphatic carbocycles. The zero-order valence-electron chi connectivity index (χ0n) is 12.2. The number of ether oxygens (including phenoxy) is 1. The van der Waals surface area contributed by atoms with E-state index in [-0.39, 0.29) is 47.7 Å². The van der Waals surface area contributed by atoms with Gasteiger partial charge >= 0.3 is 5.51 Å². The summed E-state index contributed by atoms with van der Waals surface area (Å²) in [4.78, 5) is -0.227. The second kappa shape index (κ2) is 8.54. The molecule has 0 aliphatic rings. The molecule has 10 heteroatoms. The number of sulfonamides is 1. The van der Waals surface area contributed by atoms with Crippen LogP contribution in [0.4, 0.5) is 13.2 Å². The average molecular weight is 368 g/mol. The van der Waals surface area contributed by atoms with E-state index in [2.05, 4.69) is 0 Å². The molecule has 0 fully saturated rings. The van der Waals surface area contributed by atoms with Gasteiger partial charge in [-0.1, -0.05) is 0 Å². The lowest BCUT2D eigenvalue weighted by Crippen LogP contribution is -2.34. The minimum Gasteiger partial charge on any atom is -0.383 e. The summed E-state index contributed by atoms with van der Waals surface area (Å²) in [6.45, 7) is 0.188. The third kappa shape index (κ3) is 6.39. The average Bonchev–Trinajstić information content (AvgIpc) is 2.46. The Hall–Kier alpha value is -1.28. The maximum atomic E-state index is 12.5. The molecule has 0 radical (unpaired) electrons. The van der Waals surface area contributed by atoms with Crippen molar-refractivity contribution in [2.75, 3.05) is 26.8 Å². The first kappa shape index (κ1) is 19.8. The van der Waals surface area contributed by atoms with Crippen molar-refractivity contribution in [2.24, 2.45) is 0 Å². The second-order valence-corrected chi connectivity index (χ2v) is 7.40. The fourth-order valence-corrected chi connectivity index (χ4v) is 3.65. The summed E-state index contributed by atoms with van der Waals surface area (Å²) in [6.07, 6.45) is 0.00491. The summed E-state index contributed by atoms with van der Waals surface area (Å²) in [6, 6.07) is 6.30. The maximum Gasteiger partial charge on any atom is 0.446 e. The van der Waals surface area contributed by atoms with Crippen LogP contribution in [0.15, 0.2) is 34.1 Å². The molecule has 0 N–H and O–H groups in total. The summed E-state index contributed by atoms with van der Waals surface area (Å²) >= 11 is -0.315. The van der Waals surface area contributed by atoms with Crippen molar-refractivity contribution in [1.82, 2.24) is 4.31 Å². The van der Waals surface area contributed by atoms with E-state index in [0.717, 1.165) is 28.6 Å². The minimum atomic E-state index is -4.43. The van der Waals surface area contributed by atoms with Gasteiger partial charge < -0.3 is 4.74 Å². The Morgan fingerprint density at radius 2 is 1.87 bits per heavy atom. The molecule has 128 valence electrons. The van der Waals surface area contributed by atoms with E-state index in [9.17, 15) is 21.6 Å². The van der Waals surface area contributed by atoms with E-state index in [1.165, 1.54) is 7.11 Å². The topological polar surface area (TPSA) is 70.4 Å². The standard InChI is InChI=1S/C13H15F3N2O3S2/c1-21-10-9-18(8-2-7-17)23(19,20)12-5-3-11(4-6-12)22-13(14,15)16/h3-6H,2,8-10H2,1H3. The number of hydrogen-bond donors (Lipinski definition) is 0. The van der Waals surface area contributed by atoms with Crippen molar-refractivity contribution in [3.05, 3.63) is 24.3 Å². The van der Waals surface area contributed by atoms with Gasteiger partial charge in [0.15, 0.2) is 0 Å². The summed E-state index contributed by atoms with van der Waals surface area (Å²) in [5.41, 5.74) is -4.43. The Bertz CT molecular complexity index is 640. The Labute approximate surface area is 137 Å². The molecule has 0 spiro atoms. The molecule has 23 heavy (non-hydrogen) atoms. The lowest BCUT2D eigenvalue weighted by molar-refractivity contribution is -0.0328. The van der Waals surface area contributed by atoms with Gasteiger partial charge in [0.1, 0.15) is 0 Å². The molecular formula is C13H15F3N2O3S2. The first-order chi connectivity index (χ1) is 10.7. The third-order valence-corrected chi connectivity index (χ3v) is 5.37. The molecule has 1 aromatic rings. The number of nitriles is 1. The summed E-state index contributed by atoms with van der Waals surface area (Å²) in [7, 11) is -2.48. The van der Waals surface area contributed by atoms with Gasteiger partial charge in [-0.05, 0) is 36.0 Å². The van der Waals surface area contributed by atoms with Crippen LogP contribution in [0.2, 0.25) is 0 Å². The van der Waals surface area contributed by atoms with Crippen LogP contribution in [-0.2, 0) is 14.8 Å². The molecule has 0 saturated heterocycles. The summed E-state index contributed by atoms with van der Waals surface area (Å²) in [5, 5.41) is 8.61. The molecular weight excluding hydrogens is 353 g/mol. The van der Waals surface area contributed by atoms with Gasteiger partial charge in [0, 0.05) is 31.5 Å². The van der Waals surface area contributed by atoms with Crippen LogP contribution < -0.4 is 0 Å². The van der Waals surface area contributed by atoms with Gasteiger partial charge in [0.2, 0.25) is 10.0 Å². The molecule has 0 amide bonds. The molecule has 1 rings (SSSR count). The van der Waals surface area contributed by atoms with Crippen molar-refractivity contribution >= 4 is 21.8 Å². The Morgan fingerprint density at radius 3 is 2.35 bits per heavy atom. The van der Waals surface area contributed by atoms with Crippen molar-refractivity contribution in [3.8, 4) is 6.07 Å². The number of benzene rings is 1. The fraction of sp³-hybridized carbons (Fsp3) is 0.462. The summed E-state index contributed by atoms with van der Waals surface area (Å²) < 4.78 is 67.7. The highest BCUT2D eigenvalue weighted by Crippen LogP contribution is 2.37. The number of rotatable bonds is 8. The maximum absolute atomic E-state index is 12.5. The lowest BCUT2D eigenvalue weighted by Gasteiger charge is -2.21. The lowest BCUT2D eigenvalue weighted by atomic mass is 10.4. The van der Waals surface area contributed by atoms with E-state index >= 15 is 0 Å². The second-order valence-electron chi connectivity index (χ2n) is 4.32. The van der Waals surface area contributed by atoms with Gasteiger partial charge in [0.25, 0.3) is 0 Å². The van der Waals surface area contributed by atoms with Crippen molar-refractivity contribution in [1.29, 1.82) is 5.26 Å². The fourth-order valence-electron chi connectivity index (χ4n) is 1.68. The Kier molecular flexibility index (Phi) is 7.34. The van der Waals surface area contributed by atoms with Crippen LogP contribution in [0.1, 0.15) is 6.42 Å². The number of nitrogens with zero attached hydrogens (tertiary/aromatic N) is 2. The molecule has 0 unspecified atom stereocenters. The van der Waals surface area contributed by atoms with Crippen molar-refractivity contribution in [3.63, 3.8) is 0 Å².